The van der Waals surface area contributed by atoms with Crippen molar-refractivity contribution in [3.8, 4) is 0 Å². The monoisotopic (exact) mass is 373 g/mol. The Kier molecular flexibility index (Phi) is 7.30. The van der Waals surface area contributed by atoms with Gasteiger partial charge < -0.3 is 9.84 Å². The van der Waals surface area contributed by atoms with Crippen LogP contribution in [0.25, 0.3) is 0 Å². The van der Waals surface area contributed by atoms with Crippen LogP contribution in [-0.4, -0.2) is 29.9 Å². The Morgan fingerprint density at radius 2 is 2.07 bits per heavy atom. The molecule has 2 heterocycles. The Hall–Kier alpha value is -1.85. The van der Waals surface area contributed by atoms with Crippen molar-refractivity contribution >= 4 is 5.97 Å². The molecule has 148 valence electrons. The number of hydroxylamine groups is 1. The van der Waals surface area contributed by atoms with Crippen molar-refractivity contribution < 1.29 is 19.5 Å². The first kappa shape index (κ1) is 19.9. The molecular formula is C22H31NO4. The number of hydrogen-bond acceptors (Lipinski definition) is 4. The van der Waals surface area contributed by atoms with Gasteiger partial charge in [-0.1, -0.05) is 38.3 Å². The first-order valence-electron chi connectivity index (χ1n) is 10.2. The molecule has 0 amide bonds. The number of aromatic carboxylic acids is 1. The standard InChI is InChI=1S/C22H31NO4/c1-2-3-4-5-14-26-23-15-19-18(20-12-13-21(19)27-20)11-8-16-6-9-17(10-7-16)22(24)25/h6-7,9-10,15,18,20-21,23H,2-5,8,11-14H2,1H3,(H,24,25). The fourth-order valence-corrected chi connectivity index (χ4v) is 4.12. The van der Waals surface area contributed by atoms with Gasteiger partial charge in [0.25, 0.3) is 0 Å². The van der Waals surface area contributed by atoms with Crippen LogP contribution in [0, 0.1) is 5.92 Å². The second-order valence-corrected chi connectivity index (χ2v) is 7.56. The summed E-state index contributed by atoms with van der Waals surface area (Å²) in [4.78, 5) is 16.5. The van der Waals surface area contributed by atoms with Crippen LogP contribution >= 0.6 is 0 Å². The number of unbranched alkanes of at least 4 members (excludes halogenated alkanes) is 3. The van der Waals surface area contributed by atoms with Gasteiger partial charge in [-0.15, -0.1) is 0 Å². The molecule has 5 nitrogen and oxygen atoms in total. The molecule has 2 N–H and O–H groups in total. The number of carboxylic acids is 1. The number of nitrogens with one attached hydrogen (secondary N) is 1. The van der Waals surface area contributed by atoms with Gasteiger partial charge in [0.15, 0.2) is 0 Å². The van der Waals surface area contributed by atoms with Crippen LogP contribution in [0.1, 0.15) is 67.8 Å². The largest absolute Gasteiger partial charge is 0.478 e. The number of fused-ring (bicyclic) bond motifs is 2. The molecule has 0 spiro atoms. The summed E-state index contributed by atoms with van der Waals surface area (Å²) in [5.74, 6) is -0.465. The van der Waals surface area contributed by atoms with Crippen LogP contribution < -0.4 is 5.48 Å². The fraction of sp³-hybridized carbons (Fsp3) is 0.591. The highest BCUT2D eigenvalue weighted by Crippen LogP contribution is 2.44. The minimum absolute atomic E-state index is 0.227. The van der Waals surface area contributed by atoms with Gasteiger partial charge in [-0.05, 0) is 55.4 Å². The molecule has 0 aromatic heterocycles. The predicted octanol–water partition coefficient (Wildman–Crippen LogP) is 4.48. The summed E-state index contributed by atoms with van der Waals surface area (Å²) in [6.45, 7) is 2.94. The van der Waals surface area contributed by atoms with Crippen molar-refractivity contribution in [3.05, 3.63) is 47.2 Å². The maximum Gasteiger partial charge on any atom is 0.335 e. The molecule has 2 aliphatic rings. The normalized spacial score (nSPS) is 25.2. The van der Waals surface area contributed by atoms with E-state index >= 15 is 0 Å². The van der Waals surface area contributed by atoms with E-state index in [0.717, 1.165) is 38.7 Å². The predicted molar refractivity (Wildman–Crippen MR) is 104 cm³/mol. The molecule has 2 bridgehead atoms. The van der Waals surface area contributed by atoms with E-state index in [1.54, 1.807) is 12.1 Å². The van der Waals surface area contributed by atoms with Gasteiger partial charge in [0.1, 0.15) is 0 Å². The zero-order chi connectivity index (χ0) is 19.1. The second-order valence-electron chi connectivity index (χ2n) is 7.56. The lowest BCUT2D eigenvalue weighted by molar-refractivity contribution is 0.0664. The third-order valence-corrected chi connectivity index (χ3v) is 5.65. The molecule has 3 rings (SSSR count). The van der Waals surface area contributed by atoms with E-state index in [-0.39, 0.29) is 6.10 Å². The molecule has 1 aromatic rings. The van der Waals surface area contributed by atoms with E-state index in [9.17, 15) is 4.79 Å². The second kappa shape index (κ2) is 9.90. The molecule has 3 atom stereocenters. The average molecular weight is 373 g/mol. The summed E-state index contributed by atoms with van der Waals surface area (Å²) in [5, 5.41) is 9.00. The van der Waals surface area contributed by atoms with Crippen LogP contribution in [0.2, 0.25) is 0 Å². The third-order valence-electron chi connectivity index (χ3n) is 5.65. The molecule has 0 aliphatic carbocycles. The number of rotatable bonds is 11. The highest BCUT2D eigenvalue weighted by Gasteiger charge is 2.44. The van der Waals surface area contributed by atoms with Gasteiger partial charge in [-0.2, -0.15) is 0 Å². The maximum absolute atomic E-state index is 11.0. The number of benzene rings is 1. The SMILES string of the molecule is CCCCCCONC=C1C2CCC(O2)C1CCc1ccc(C(=O)O)cc1. The molecule has 1 aromatic carbocycles. The van der Waals surface area contributed by atoms with Gasteiger partial charge >= 0.3 is 5.97 Å². The first-order valence-corrected chi connectivity index (χ1v) is 10.2. The van der Waals surface area contributed by atoms with E-state index in [4.69, 9.17) is 14.7 Å². The molecule has 2 saturated heterocycles. The first-order chi connectivity index (χ1) is 13.2. The molecule has 0 saturated carbocycles. The Balaban J connectivity index is 1.49. The highest BCUT2D eigenvalue weighted by atomic mass is 16.6. The Morgan fingerprint density at radius 3 is 2.81 bits per heavy atom. The number of hydrogen-bond donors (Lipinski definition) is 2. The number of aryl methyl sites for hydroxylation is 1. The fourth-order valence-electron chi connectivity index (χ4n) is 4.12. The zero-order valence-corrected chi connectivity index (χ0v) is 16.2. The lowest BCUT2D eigenvalue weighted by Gasteiger charge is -2.22. The van der Waals surface area contributed by atoms with Crippen LogP contribution in [0.15, 0.2) is 36.0 Å². The molecule has 0 radical (unpaired) electrons. The van der Waals surface area contributed by atoms with Gasteiger partial charge in [-0.25, -0.2) is 4.79 Å². The van der Waals surface area contributed by atoms with Crippen LogP contribution in [0.5, 0.6) is 0 Å². The smallest absolute Gasteiger partial charge is 0.335 e. The summed E-state index contributed by atoms with van der Waals surface area (Å²) < 4.78 is 6.11. The van der Waals surface area contributed by atoms with E-state index in [0.29, 0.717) is 17.6 Å². The van der Waals surface area contributed by atoms with Crippen molar-refractivity contribution in [2.24, 2.45) is 5.92 Å². The minimum atomic E-state index is -0.881. The number of carboxylic acid groups (broad SMARTS) is 1. The van der Waals surface area contributed by atoms with Gasteiger partial charge in [0.05, 0.1) is 24.4 Å². The topological polar surface area (TPSA) is 67.8 Å². The Morgan fingerprint density at radius 1 is 1.26 bits per heavy atom. The molecule has 2 fully saturated rings. The van der Waals surface area contributed by atoms with Gasteiger partial charge in [0, 0.05) is 12.1 Å². The number of carbonyl (C=O) groups is 1. The quantitative estimate of drug-likeness (QED) is 0.442. The van der Waals surface area contributed by atoms with Gasteiger partial charge in [0.2, 0.25) is 0 Å². The summed E-state index contributed by atoms with van der Waals surface area (Å²) in [6.07, 6.45) is 11.5. The van der Waals surface area contributed by atoms with E-state index in [2.05, 4.69) is 12.4 Å². The van der Waals surface area contributed by atoms with Crippen molar-refractivity contribution in [3.63, 3.8) is 0 Å². The minimum Gasteiger partial charge on any atom is -0.478 e. The van der Waals surface area contributed by atoms with E-state index in [1.807, 2.05) is 18.3 Å². The van der Waals surface area contributed by atoms with Crippen molar-refractivity contribution in [2.45, 2.75) is 70.5 Å². The molecule has 5 heteroatoms. The summed E-state index contributed by atoms with van der Waals surface area (Å²) in [6, 6.07) is 7.19. The summed E-state index contributed by atoms with van der Waals surface area (Å²) in [5.41, 5.74) is 5.86. The third kappa shape index (κ3) is 5.33. The lowest BCUT2D eigenvalue weighted by Crippen LogP contribution is -2.22. The molecule has 2 aliphatic heterocycles. The van der Waals surface area contributed by atoms with Crippen LogP contribution in [0.4, 0.5) is 0 Å². The molecule has 27 heavy (non-hydrogen) atoms. The Bertz CT molecular complexity index is 640. The lowest BCUT2D eigenvalue weighted by atomic mass is 9.81. The van der Waals surface area contributed by atoms with Gasteiger partial charge in [-0.3, -0.25) is 10.3 Å². The highest BCUT2D eigenvalue weighted by molar-refractivity contribution is 5.87. The zero-order valence-electron chi connectivity index (χ0n) is 16.2. The van der Waals surface area contributed by atoms with Crippen molar-refractivity contribution in [1.29, 1.82) is 0 Å². The van der Waals surface area contributed by atoms with Crippen molar-refractivity contribution in [1.82, 2.24) is 5.48 Å². The van der Waals surface area contributed by atoms with Crippen molar-refractivity contribution in [2.75, 3.05) is 6.61 Å². The van der Waals surface area contributed by atoms with Crippen LogP contribution in [0.3, 0.4) is 0 Å². The maximum atomic E-state index is 11.0. The summed E-state index contributed by atoms with van der Waals surface area (Å²) >= 11 is 0. The average Bonchev–Trinajstić information content (AvgIpc) is 3.28. The Labute approximate surface area is 161 Å². The van der Waals surface area contributed by atoms with Crippen LogP contribution in [-0.2, 0) is 16.0 Å². The summed E-state index contributed by atoms with van der Waals surface area (Å²) in [7, 11) is 0. The van der Waals surface area contributed by atoms with E-state index in [1.165, 1.54) is 30.4 Å². The number of ether oxygens (including phenoxy) is 1. The molecular weight excluding hydrogens is 342 g/mol. The van der Waals surface area contributed by atoms with E-state index < -0.39 is 5.97 Å². The molecule has 3 unspecified atom stereocenters.